The zero-order valence-electron chi connectivity index (χ0n) is 19.2. The third-order valence-electron chi connectivity index (χ3n) is 6.90. The fourth-order valence-electron chi connectivity index (χ4n) is 4.32. The largest absolute Gasteiger partial charge is 0.359 e. The van der Waals surface area contributed by atoms with Crippen molar-refractivity contribution in [2.75, 3.05) is 21.1 Å². The van der Waals surface area contributed by atoms with Gasteiger partial charge in [-0.2, -0.15) is 0 Å². The number of benzene rings is 1. The first-order chi connectivity index (χ1) is 14.3. The Balaban J connectivity index is 1.56. The van der Waals surface area contributed by atoms with Crippen molar-refractivity contribution < 1.29 is 0 Å². The topological polar surface area (TPSA) is 19.4 Å². The van der Waals surface area contributed by atoms with Gasteiger partial charge in [-0.1, -0.05) is 18.2 Å². The van der Waals surface area contributed by atoms with Crippen LogP contribution >= 0.6 is 0 Å². The van der Waals surface area contributed by atoms with E-state index in [0.717, 1.165) is 19.6 Å². The molecule has 3 aliphatic heterocycles. The zero-order valence-corrected chi connectivity index (χ0v) is 19.2. The minimum Gasteiger partial charge on any atom is -0.359 e. The predicted molar refractivity (Wildman–Crippen MR) is 122 cm³/mol. The van der Waals surface area contributed by atoms with Crippen LogP contribution in [0.3, 0.4) is 0 Å². The predicted octanol–water partition coefficient (Wildman–Crippen LogP) is 3.38. The molecular formula is C24H36N6. The first-order valence-corrected chi connectivity index (χ1v) is 10.9. The smallest absolute Gasteiger partial charge is 0.0978 e. The van der Waals surface area contributed by atoms with Crippen LogP contribution in [0.1, 0.15) is 37.5 Å². The van der Waals surface area contributed by atoms with Gasteiger partial charge in [0, 0.05) is 78.0 Å². The maximum Gasteiger partial charge on any atom is 0.0978 e. The molecule has 0 amide bonds. The summed E-state index contributed by atoms with van der Waals surface area (Å²) in [6.45, 7) is 9.55. The average Bonchev–Trinajstić information content (AvgIpc) is 3.32. The zero-order chi connectivity index (χ0) is 21.4. The van der Waals surface area contributed by atoms with Gasteiger partial charge in [-0.05, 0) is 37.5 Å². The summed E-state index contributed by atoms with van der Waals surface area (Å²) in [5, 5.41) is 0. The van der Waals surface area contributed by atoms with Crippen LogP contribution in [0.15, 0.2) is 55.4 Å². The van der Waals surface area contributed by atoms with E-state index in [0.29, 0.717) is 18.5 Å². The molecule has 1 aromatic rings. The molecule has 6 heteroatoms. The minimum absolute atomic E-state index is 0.391. The first kappa shape index (κ1) is 20.5. The van der Waals surface area contributed by atoms with Crippen molar-refractivity contribution >= 4 is 0 Å². The summed E-state index contributed by atoms with van der Waals surface area (Å²) in [7, 11) is 6.41. The fraction of sp³-hybridized carbons (Fsp3) is 0.500. The minimum atomic E-state index is 0.391. The van der Waals surface area contributed by atoms with Gasteiger partial charge in [0.15, 0.2) is 0 Å². The molecule has 0 saturated carbocycles. The quantitative estimate of drug-likeness (QED) is 0.714. The molecule has 4 rings (SSSR count). The van der Waals surface area contributed by atoms with Crippen LogP contribution in [-0.2, 0) is 19.6 Å². The van der Waals surface area contributed by atoms with E-state index in [2.05, 4.69) is 127 Å². The Hall–Kier alpha value is -2.76. The third kappa shape index (κ3) is 4.09. The summed E-state index contributed by atoms with van der Waals surface area (Å²) in [4.78, 5) is 14.0. The lowest BCUT2D eigenvalue weighted by molar-refractivity contribution is 0.184. The van der Waals surface area contributed by atoms with E-state index < -0.39 is 0 Å². The van der Waals surface area contributed by atoms with E-state index >= 15 is 0 Å². The van der Waals surface area contributed by atoms with Gasteiger partial charge in [-0.3, -0.25) is 0 Å². The van der Waals surface area contributed by atoms with Crippen molar-refractivity contribution in [1.82, 2.24) is 29.4 Å². The Morgan fingerprint density at radius 1 is 0.500 bits per heavy atom. The molecule has 1 aromatic carbocycles. The molecule has 0 fully saturated rings. The molecule has 0 saturated heterocycles. The molecule has 162 valence electrons. The Morgan fingerprint density at radius 3 is 0.967 bits per heavy atom. The summed E-state index contributed by atoms with van der Waals surface area (Å²) in [6, 6.07) is 7.16. The summed E-state index contributed by atoms with van der Waals surface area (Å²) >= 11 is 0. The van der Waals surface area contributed by atoms with Crippen molar-refractivity contribution in [2.24, 2.45) is 0 Å². The Kier molecular flexibility index (Phi) is 5.58. The molecule has 3 aliphatic rings. The van der Waals surface area contributed by atoms with Gasteiger partial charge >= 0.3 is 0 Å². The lowest BCUT2D eigenvalue weighted by Gasteiger charge is -2.30. The maximum atomic E-state index is 2.40. The Labute approximate surface area is 181 Å². The van der Waals surface area contributed by atoms with Gasteiger partial charge in [0.25, 0.3) is 0 Å². The van der Waals surface area contributed by atoms with Gasteiger partial charge in [0.05, 0.1) is 18.5 Å². The van der Waals surface area contributed by atoms with Crippen LogP contribution < -0.4 is 0 Å². The lowest BCUT2D eigenvalue weighted by Crippen LogP contribution is -2.34. The van der Waals surface area contributed by atoms with Crippen LogP contribution in [0.4, 0.5) is 0 Å². The van der Waals surface area contributed by atoms with E-state index in [1.807, 2.05) is 0 Å². The van der Waals surface area contributed by atoms with E-state index in [9.17, 15) is 0 Å². The molecule has 0 aromatic heterocycles. The molecule has 0 aliphatic carbocycles. The van der Waals surface area contributed by atoms with Crippen LogP contribution in [-0.4, -0.2) is 69.0 Å². The highest BCUT2D eigenvalue weighted by atomic mass is 15.4. The van der Waals surface area contributed by atoms with Crippen LogP contribution in [0, 0.1) is 0 Å². The number of rotatable bonds is 6. The van der Waals surface area contributed by atoms with Gasteiger partial charge in [0.2, 0.25) is 0 Å². The Morgan fingerprint density at radius 2 is 0.767 bits per heavy atom. The fourth-order valence-corrected chi connectivity index (χ4v) is 4.32. The number of hydrogen-bond donors (Lipinski definition) is 0. The normalized spacial score (nSPS) is 25.6. The molecule has 3 atom stereocenters. The highest BCUT2D eigenvalue weighted by molar-refractivity contribution is 5.31. The Bertz CT molecular complexity index is 724. The molecular weight excluding hydrogens is 372 g/mol. The molecule has 0 N–H and O–H groups in total. The molecule has 0 radical (unpaired) electrons. The summed E-state index contributed by atoms with van der Waals surface area (Å²) < 4.78 is 0. The monoisotopic (exact) mass is 408 g/mol. The second-order valence-electron chi connectivity index (χ2n) is 8.96. The summed E-state index contributed by atoms with van der Waals surface area (Å²) in [5.74, 6) is 0. The second kappa shape index (κ2) is 8.17. The maximum absolute atomic E-state index is 2.40. The highest BCUT2D eigenvalue weighted by Gasteiger charge is 2.22. The van der Waals surface area contributed by atoms with Crippen molar-refractivity contribution in [2.45, 2.75) is 58.9 Å². The summed E-state index contributed by atoms with van der Waals surface area (Å²) in [6.07, 6.45) is 14.3. The van der Waals surface area contributed by atoms with Crippen molar-refractivity contribution in [3.63, 3.8) is 0 Å². The highest BCUT2D eigenvalue weighted by Crippen LogP contribution is 2.24. The molecule has 6 nitrogen and oxygen atoms in total. The molecule has 0 spiro atoms. The molecule has 3 unspecified atom stereocenters. The van der Waals surface area contributed by atoms with Crippen molar-refractivity contribution in [1.29, 1.82) is 0 Å². The van der Waals surface area contributed by atoms with Crippen LogP contribution in [0.2, 0.25) is 0 Å². The number of nitrogens with zero attached hydrogens (tertiary/aromatic N) is 6. The molecule has 0 bridgehead atoms. The van der Waals surface area contributed by atoms with Gasteiger partial charge in [-0.15, -0.1) is 0 Å². The standard InChI is InChI=1S/C24H36N6/c1-19-25(4)7-10-28(19)16-22-13-23(17-29-11-8-26(5)20(29)2)15-24(14-22)18-30-12-9-27(6)21(30)3/h7-15,19-21H,16-18H2,1-6H3. The average molecular weight is 409 g/mol. The van der Waals surface area contributed by atoms with E-state index in [1.165, 1.54) is 16.7 Å². The van der Waals surface area contributed by atoms with Gasteiger partial charge < -0.3 is 29.4 Å². The second-order valence-corrected chi connectivity index (χ2v) is 8.96. The van der Waals surface area contributed by atoms with E-state index in [4.69, 9.17) is 0 Å². The van der Waals surface area contributed by atoms with Gasteiger partial charge in [0.1, 0.15) is 0 Å². The van der Waals surface area contributed by atoms with E-state index in [1.54, 1.807) is 0 Å². The summed E-state index contributed by atoms with van der Waals surface area (Å²) in [5.41, 5.74) is 4.13. The van der Waals surface area contributed by atoms with E-state index in [-0.39, 0.29) is 0 Å². The third-order valence-corrected chi connectivity index (χ3v) is 6.90. The number of hydrogen-bond acceptors (Lipinski definition) is 6. The van der Waals surface area contributed by atoms with Crippen LogP contribution in [0.25, 0.3) is 0 Å². The molecule has 30 heavy (non-hydrogen) atoms. The van der Waals surface area contributed by atoms with Crippen molar-refractivity contribution in [3.05, 3.63) is 72.1 Å². The van der Waals surface area contributed by atoms with Crippen LogP contribution in [0.5, 0.6) is 0 Å². The first-order valence-electron chi connectivity index (χ1n) is 10.9. The lowest BCUT2D eigenvalue weighted by atomic mass is 10.0. The SMILES string of the molecule is CC1N(C)C=CN1Cc1cc(CN2C=CN(C)C2C)cc(CN2C=CN(C)C2C)c1. The van der Waals surface area contributed by atoms with Crippen molar-refractivity contribution in [3.8, 4) is 0 Å². The molecule has 3 heterocycles. The van der Waals surface area contributed by atoms with Gasteiger partial charge in [-0.25, -0.2) is 0 Å².